The molecule has 0 aliphatic carbocycles. The molecule has 1 saturated heterocycles. The Hall–Kier alpha value is -3.92. The number of rotatable bonds is 9. The quantitative estimate of drug-likeness (QED) is 0.344. The molecule has 0 saturated carbocycles. The third-order valence-corrected chi connectivity index (χ3v) is 6.25. The lowest BCUT2D eigenvalue weighted by Crippen LogP contribution is -2.44. The van der Waals surface area contributed by atoms with Gasteiger partial charge in [0.2, 0.25) is 5.95 Å². The fourth-order valence-electron chi connectivity index (χ4n) is 4.38. The van der Waals surface area contributed by atoms with E-state index in [-0.39, 0.29) is 36.4 Å². The summed E-state index contributed by atoms with van der Waals surface area (Å²) < 4.78 is 8.82. The molecule has 3 aromatic rings. The number of ether oxygens (including phenoxy) is 1. The number of nitrogens with one attached hydrogen (secondary N) is 1. The van der Waals surface area contributed by atoms with Crippen LogP contribution in [0.25, 0.3) is 11.0 Å². The molecule has 1 atom stereocenters. The molecule has 10 nitrogen and oxygen atoms in total. The molecular weight excluding hydrogens is 460 g/mol. The Kier molecular flexibility index (Phi) is 7.84. The van der Waals surface area contributed by atoms with Gasteiger partial charge in [0.15, 0.2) is 12.4 Å². The predicted octanol–water partition coefficient (Wildman–Crippen LogP) is 1.71. The van der Waals surface area contributed by atoms with Gasteiger partial charge in [-0.3, -0.25) is 14.4 Å². The van der Waals surface area contributed by atoms with Crippen LogP contribution in [-0.4, -0.2) is 58.6 Å². The van der Waals surface area contributed by atoms with Crippen LogP contribution in [0.1, 0.15) is 30.1 Å². The number of nitrogens with two attached hydrogens (primary N) is 1. The summed E-state index contributed by atoms with van der Waals surface area (Å²) in [6, 6.07) is 8.52. The molecule has 1 aliphatic heterocycles. The lowest BCUT2D eigenvalue weighted by molar-refractivity contribution is -0.122. The molecule has 2 aromatic heterocycles. The summed E-state index contributed by atoms with van der Waals surface area (Å²) in [5.41, 5.74) is 7.23. The highest BCUT2D eigenvalue weighted by Crippen LogP contribution is 2.24. The first-order valence-electron chi connectivity index (χ1n) is 12.1. The molecule has 1 aromatic carbocycles. The number of pyridine rings is 1. The van der Waals surface area contributed by atoms with Gasteiger partial charge in [0, 0.05) is 38.9 Å². The summed E-state index contributed by atoms with van der Waals surface area (Å²) in [5, 5.41) is 2.48. The number of Topliss-reactive ketones (excluding diaryl/α,β-unsaturated/α-hetero) is 1. The van der Waals surface area contributed by atoms with Crippen molar-refractivity contribution < 1.29 is 14.3 Å². The molecule has 0 spiro atoms. The fraction of sp³-hybridized carbons (Fsp3) is 0.385. The van der Waals surface area contributed by atoms with Crippen molar-refractivity contribution in [2.24, 2.45) is 5.73 Å². The molecule has 1 aliphatic rings. The Labute approximate surface area is 209 Å². The number of imidazole rings is 1. The van der Waals surface area contributed by atoms with E-state index in [0.29, 0.717) is 41.4 Å². The van der Waals surface area contributed by atoms with E-state index >= 15 is 0 Å². The highest BCUT2D eigenvalue weighted by Gasteiger charge is 2.24. The smallest absolute Gasteiger partial charge is 0.277 e. The topological polar surface area (TPSA) is 124 Å². The van der Waals surface area contributed by atoms with Crippen LogP contribution in [0.3, 0.4) is 0 Å². The Morgan fingerprint density at radius 1 is 1.28 bits per heavy atom. The first kappa shape index (κ1) is 25.2. The van der Waals surface area contributed by atoms with E-state index < -0.39 is 0 Å². The summed E-state index contributed by atoms with van der Waals surface area (Å²) in [6.45, 7) is 3.53. The van der Waals surface area contributed by atoms with Crippen LogP contribution in [0.4, 0.5) is 5.95 Å². The van der Waals surface area contributed by atoms with Gasteiger partial charge in [0.1, 0.15) is 11.3 Å². The van der Waals surface area contributed by atoms with E-state index in [2.05, 4.69) is 10.2 Å². The number of carbonyl (C=O) groups excluding carboxylic acids is 2. The highest BCUT2D eigenvalue weighted by atomic mass is 16.5. The van der Waals surface area contributed by atoms with Crippen molar-refractivity contribution in [3.8, 4) is 5.75 Å². The van der Waals surface area contributed by atoms with Crippen LogP contribution in [0.15, 0.2) is 53.5 Å². The summed E-state index contributed by atoms with van der Waals surface area (Å²) >= 11 is 0. The number of nitrogens with zero attached hydrogens (tertiary/aromatic N) is 4. The minimum Gasteiger partial charge on any atom is -0.483 e. The lowest BCUT2D eigenvalue weighted by Gasteiger charge is -2.31. The van der Waals surface area contributed by atoms with Crippen molar-refractivity contribution in [2.45, 2.75) is 38.9 Å². The first-order chi connectivity index (χ1) is 17.4. The minimum absolute atomic E-state index is 0.0636. The van der Waals surface area contributed by atoms with Crippen molar-refractivity contribution in [1.29, 1.82) is 0 Å². The van der Waals surface area contributed by atoms with Crippen LogP contribution in [0.2, 0.25) is 0 Å². The highest BCUT2D eigenvalue weighted by molar-refractivity contribution is 5.98. The summed E-state index contributed by atoms with van der Waals surface area (Å²) in [6.07, 6.45) is 7.42. The molecule has 4 rings (SSSR count). The van der Waals surface area contributed by atoms with Gasteiger partial charge in [-0.25, -0.2) is 4.98 Å². The Morgan fingerprint density at radius 3 is 2.83 bits per heavy atom. The number of carbonyl (C=O) groups is 2. The molecular formula is C26H32N6O4. The zero-order valence-corrected chi connectivity index (χ0v) is 20.6. The van der Waals surface area contributed by atoms with Crippen molar-refractivity contribution in [3.63, 3.8) is 0 Å². The summed E-state index contributed by atoms with van der Waals surface area (Å²) in [5.74, 6) is 0.402. The number of likely N-dealkylation sites (N-methyl/N-ethyl adjacent to an activating group) is 1. The second-order valence-corrected chi connectivity index (χ2v) is 8.80. The normalized spacial score (nSPS) is 16.0. The predicted molar refractivity (Wildman–Crippen MR) is 139 cm³/mol. The maximum absolute atomic E-state index is 13.6. The maximum Gasteiger partial charge on any atom is 0.277 e. The second-order valence-electron chi connectivity index (χ2n) is 8.80. The van der Waals surface area contributed by atoms with Crippen LogP contribution in [0, 0.1) is 0 Å². The zero-order chi connectivity index (χ0) is 25.7. The zero-order valence-electron chi connectivity index (χ0n) is 20.6. The van der Waals surface area contributed by atoms with Crippen LogP contribution < -0.4 is 26.2 Å². The van der Waals surface area contributed by atoms with E-state index in [4.69, 9.17) is 15.5 Å². The Morgan fingerprint density at radius 2 is 2.08 bits per heavy atom. The third kappa shape index (κ3) is 5.33. The van der Waals surface area contributed by atoms with Crippen molar-refractivity contribution in [1.82, 2.24) is 19.4 Å². The van der Waals surface area contributed by atoms with Gasteiger partial charge in [-0.1, -0.05) is 24.3 Å². The SMILES string of the molecule is CC=CCn1c(N2CCCC(N)C2)nc2ccn(CC(=O)c3ccccc3OCC(=O)NC)c(=O)c21. The van der Waals surface area contributed by atoms with E-state index in [0.717, 1.165) is 19.4 Å². The molecule has 0 radical (unpaired) electrons. The number of hydrogen-bond donors (Lipinski definition) is 2. The number of piperidine rings is 1. The standard InChI is InChI=1S/C26H32N6O4/c1-3-4-13-32-24-20(29-26(32)31-12-7-8-18(27)15-31)11-14-30(25(24)35)16-21(33)19-9-5-6-10-22(19)36-17-23(34)28-2/h3-6,9-11,14,18H,7-8,12-13,15-17,27H2,1-2H3,(H,28,34). The number of allylic oxidation sites excluding steroid dienone is 2. The molecule has 10 heteroatoms. The molecule has 36 heavy (non-hydrogen) atoms. The van der Waals surface area contributed by atoms with E-state index in [9.17, 15) is 14.4 Å². The van der Waals surface area contributed by atoms with Gasteiger partial charge in [0.05, 0.1) is 17.6 Å². The number of amides is 1. The van der Waals surface area contributed by atoms with Gasteiger partial charge in [-0.05, 0) is 38.0 Å². The lowest BCUT2D eigenvalue weighted by atomic mass is 10.1. The van der Waals surface area contributed by atoms with Crippen molar-refractivity contribution in [2.75, 3.05) is 31.6 Å². The Balaban J connectivity index is 1.67. The molecule has 0 bridgehead atoms. The number of aromatic nitrogens is 3. The maximum atomic E-state index is 13.6. The first-order valence-corrected chi connectivity index (χ1v) is 12.1. The minimum atomic E-state index is -0.307. The Bertz CT molecular complexity index is 1340. The van der Waals surface area contributed by atoms with Crippen LogP contribution in [0.5, 0.6) is 5.75 Å². The van der Waals surface area contributed by atoms with E-state index in [1.54, 1.807) is 36.5 Å². The van der Waals surface area contributed by atoms with Crippen LogP contribution >= 0.6 is 0 Å². The molecule has 1 amide bonds. The van der Waals surface area contributed by atoms with Gasteiger partial charge >= 0.3 is 0 Å². The number of anilines is 1. The van der Waals surface area contributed by atoms with E-state index in [1.165, 1.54) is 11.6 Å². The second kappa shape index (κ2) is 11.2. The summed E-state index contributed by atoms with van der Waals surface area (Å²) in [7, 11) is 1.51. The largest absolute Gasteiger partial charge is 0.483 e. The molecule has 3 heterocycles. The average Bonchev–Trinajstić information content (AvgIpc) is 3.27. The molecule has 190 valence electrons. The average molecular weight is 493 g/mol. The van der Waals surface area contributed by atoms with Crippen molar-refractivity contribution >= 4 is 28.7 Å². The van der Waals surface area contributed by atoms with E-state index in [1.807, 2.05) is 23.6 Å². The molecule has 3 N–H and O–H groups in total. The summed E-state index contributed by atoms with van der Waals surface area (Å²) in [4.78, 5) is 45.2. The third-order valence-electron chi connectivity index (χ3n) is 6.25. The molecule has 1 unspecified atom stereocenters. The van der Waals surface area contributed by atoms with Gasteiger partial charge in [-0.2, -0.15) is 0 Å². The van der Waals surface area contributed by atoms with Crippen LogP contribution in [-0.2, 0) is 17.9 Å². The fourth-order valence-corrected chi connectivity index (χ4v) is 4.38. The monoisotopic (exact) mass is 492 g/mol. The number of ketones is 1. The van der Waals surface area contributed by atoms with Gasteiger partial charge in [0.25, 0.3) is 11.5 Å². The van der Waals surface area contributed by atoms with Gasteiger partial charge < -0.3 is 29.8 Å². The number of benzene rings is 1. The molecule has 1 fully saturated rings. The van der Waals surface area contributed by atoms with Crippen molar-refractivity contribution in [3.05, 3.63) is 64.6 Å². The van der Waals surface area contributed by atoms with Gasteiger partial charge in [-0.15, -0.1) is 0 Å². The number of para-hydroxylation sites is 1. The number of hydrogen-bond acceptors (Lipinski definition) is 7. The number of fused-ring (bicyclic) bond motifs is 1.